The van der Waals surface area contributed by atoms with E-state index in [1.165, 1.54) is 0 Å². The average molecular weight is 235 g/mol. The highest BCUT2D eigenvalue weighted by Gasteiger charge is 1.87. The molecule has 0 aliphatic heterocycles. The zero-order chi connectivity index (χ0) is 8.81. The SMILES string of the molecule is Cl.Cl.NCCC#Cc1ccc(N)nn1. The van der Waals surface area contributed by atoms with E-state index in [2.05, 4.69) is 22.0 Å². The van der Waals surface area contributed by atoms with Gasteiger partial charge < -0.3 is 11.5 Å². The number of halogens is 2. The summed E-state index contributed by atoms with van der Waals surface area (Å²) in [6, 6.07) is 3.39. The largest absolute Gasteiger partial charge is 0.382 e. The lowest BCUT2D eigenvalue weighted by molar-refractivity contribution is 1.02. The third kappa shape index (κ3) is 5.60. The van der Waals surface area contributed by atoms with Crippen LogP contribution in [0.25, 0.3) is 0 Å². The van der Waals surface area contributed by atoms with Gasteiger partial charge in [0.25, 0.3) is 0 Å². The molecule has 0 radical (unpaired) electrons. The van der Waals surface area contributed by atoms with E-state index in [1.807, 2.05) is 0 Å². The van der Waals surface area contributed by atoms with Crippen LogP contribution in [0, 0.1) is 11.8 Å². The van der Waals surface area contributed by atoms with Crippen molar-refractivity contribution >= 4 is 30.6 Å². The second-order valence-electron chi connectivity index (χ2n) is 2.18. The number of nitrogens with two attached hydrogens (primary N) is 2. The molecule has 1 heterocycles. The number of aromatic nitrogens is 2. The van der Waals surface area contributed by atoms with Crippen molar-refractivity contribution in [2.75, 3.05) is 12.3 Å². The van der Waals surface area contributed by atoms with Gasteiger partial charge in [-0.1, -0.05) is 5.92 Å². The molecule has 6 heteroatoms. The molecule has 0 amide bonds. The summed E-state index contributed by atoms with van der Waals surface area (Å²) in [4.78, 5) is 0. The Kier molecular flexibility index (Phi) is 9.46. The minimum absolute atomic E-state index is 0. The van der Waals surface area contributed by atoms with Gasteiger partial charge in [-0.2, -0.15) is 0 Å². The second-order valence-corrected chi connectivity index (χ2v) is 2.18. The van der Waals surface area contributed by atoms with E-state index in [0.29, 0.717) is 24.5 Å². The van der Waals surface area contributed by atoms with Crippen LogP contribution in [-0.2, 0) is 0 Å². The van der Waals surface area contributed by atoms with Crippen LogP contribution in [0.15, 0.2) is 12.1 Å². The minimum atomic E-state index is 0. The van der Waals surface area contributed by atoms with E-state index in [0.717, 1.165) is 0 Å². The van der Waals surface area contributed by atoms with Crippen LogP contribution in [0.1, 0.15) is 12.1 Å². The average Bonchev–Trinajstić information content (AvgIpc) is 2.09. The Morgan fingerprint density at radius 1 is 1.21 bits per heavy atom. The van der Waals surface area contributed by atoms with Crippen molar-refractivity contribution in [2.45, 2.75) is 6.42 Å². The highest BCUT2D eigenvalue weighted by atomic mass is 35.5. The van der Waals surface area contributed by atoms with E-state index in [1.54, 1.807) is 12.1 Å². The standard InChI is InChI=1S/C8H10N4.2ClH/c9-6-2-1-3-7-4-5-8(10)12-11-7;;/h4-5H,2,6,9H2,(H2,10,12);2*1H. The number of rotatable bonds is 1. The summed E-state index contributed by atoms with van der Waals surface area (Å²) >= 11 is 0. The molecule has 0 aliphatic rings. The smallest absolute Gasteiger partial charge is 0.146 e. The van der Waals surface area contributed by atoms with Gasteiger partial charge >= 0.3 is 0 Å². The maximum Gasteiger partial charge on any atom is 0.146 e. The molecule has 4 nitrogen and oxygen atoms in total. The summed E-state index contributed by atoms with van der Waals surface area (Å²) in [6.45, 7) is 0.565. The van der Waals surface area contributed by atoms with Crippen LogP contribution in [0.2, 0.25) is 0 Å². The first-order chi connectivity index (χ1) is 5.83. The summed E-state index contributed by atoms with van der Waals surface area (Å²) in [5.41, 5.74) is 11.2. The van der Waals surface area contributed by atoms with Crippen LogP contribution < -0.4 is 11.5 Å². The molecule has 1 rings (SSSR count). The molecule has 0 fully saturated rings. The van der Waals surface area contributed by atoms with Crippen molar-refractivity contribution in [3.63, 3.8) is 0 Å². The van der Waals surface area contributed by atoms with E-state index in [4.69, 9.17) is 11.5 Å². The quantitative estimate of drug-likeness (QED) is 0.699. The van der Waals surface area contributed by atoms with Crippen molar-refractivity contribution < 1.29 is 0 Å². The van der Waals surface area contributed by atoms with E-state index in [9.17, 15) is 0 Å². The van der Waals surface area contributed by atoms with Crippen LogP contribution in [-0.4, -0.2) is 16.7 Å². The molecule has 0 spiro atoms. The van der Waals surface area contributed by atoms with Crippen molar-refractivity contribution in [2.24, 2.45) is 5.73 Å². The predicted octanol–water partition coefficient (Wildman–Crippen LogP) is 0.603. The predicted molar refractivity (Wildman–Crippen MR) is 61.5 cm³/mol. The van der Waals surface area contributed by atoms with Crippen LogP contribution in [0.5, 0.6) is 0 Å². The molecule has 14 heavy (non-hydrogen) atoms. The molecule has 0 saturated carbocycles. The van der Waals surface area contributed by atoms with Gasteiger partial charge in [-0.05, 0) is 18.1 Å². The number of hydrogen-bond donors (Lipinski definition) is 2. The van der Waals surface area contributed by atoms with Gasteiger partial charge in [0.2, 0.25) is 0 Å². The fraction of sp³-hybridized carbons (Fsp3) is 0.250. The fourth-order valence-electron chi connectivity index (χ4n) is 0.634. The molecule has 78 valence electrons. The van der Waals surface area contributed by atoms with Gasteiger partial charge in [0.1, 0.15) is 11.5 Å². The molecular weight excluding hydrogens is 223 g/mol. The second kappa shape index (κ2) is 8.57. The zero-order valence-electron chi connectivity index (χ0n) is 7.43. The van der Waals surface area contributed by atoms with Gasteiger partial charge in [0.15, 0.2) is 0 Å². The molecule has 0 bridgehead atoms. The first-order valence-electron chi connectivity index (χ1n) is 3.61. The number of nitrogen functional groups attached to an aromatic ring is 1. The molecule has 0 aromatic carbocycles. The number of hydrogen-bond acceptors (Lipinski definition) is 4. The number of anilines is 1. The summed E-state index contributed by atoms with van der Waals surface area (Å²) < 4.78 is 0. The van der Waals surface area contributed by atoms with Crippen molar-refractivity contribution in [3.05, 3.63) is 17.8 Å². The number of nitrogens with zero attached hydrogens (tertiary/aromatic N) is 2. The molecule has 1 aromatic rings. The molecule has 0 atom stereocenters. The van der Waals surface area contributed by atoms with Crippen molar-refractivity contribution in [1.82, 2.24) is 10.2 Å². The summed E-state index contributed by atoms with van der Waals surface area (Å²) in [5.74, 6) is 6.07. The lowest BCUT2D eigenvalue weighted by Crippen LogP contribution is -1.96. The molecule has 0 aliphatic carbocycles. The van der Waals surface area contributed by atoms with E-state index < -0.39 is 0 Å². The van der Waals surface area contributed by atoms with Crippen molar-refractivity contribution in [3.8, 4) is 11.8 Å². The van der Waals surface area contributed by atoms with Gasteiger partial charge in [-0.25, -0.2) is 0 Å². The topological polar surface area (TPSA) is 77.8 Å². The maximum absolute atomic E-state index is 5.34. The third-order valence-corrected chi connectivity index (χ3v) is 1.17. The molecule has 0 saturated heterocycles. The Hall–Kier alpha value is -1.02. The highest BCUT2D eigenvalue weighted by molar-refractivity contribution is 5.85. The van der Waals surface area contributed by atoms with Crippen LogP contribution >= 0.6 is 24.8 Å². The zero-order valence-corrected chi connectivity index (χ0v) is 9.07. The molecule has 4 N–H and O–H groups in total. The Labute approximate surface area is 95.3 Å². The molecule has 1 aromatic heterocycles. The first kappa shape index (κ1) is 15.5. The first-order valence-corrected chi connectivity index (χ1v) is 3.61. The van der Waals surface area contributed by atoms with Crippen LogP contribution in [0.3, 0.4) is 0 Å². The monoisotopic (exact) mass is 234 g/mol. The maximum atomic E-state index is 5.34. The third-order valence-electron chi connectivity index (χ3n) is 1.17. The minimum Gasteiger partial charge on any atom is -0.382 e. The van der Waals surface area contributed by atoms with E-state index >= 15 is 0 Å². The Balaban J connectivity index is 0. The Bertz CT molecular complexity index is 301. The van der Waals surface area contributed by atoms with Gasteiger partial charge in [0, 0.05) is 13.0 Å². The Morgan fingerprint density at radius 3 is 2.43 bits per heavy atom. The summed E-state index contributed by atoms with van der Waals surface area (Å²) in [7, 11) is 0. The lowest BCUT2D eigenvalue weighted by atomic mass is 10.3. The molecule has 0 unspecified atom stereocenters. The van der Waals surface area contributed by atoms with Crippen LogP contribution in [0.4, 0.5) is 5.82 Å². The van der Waals surface area contributed by atoms with Crippen molar-refractivity contribution in [1.29, 1.82) is 0 Å². The summed E-state index contributed by atoms with van der Waals surface area (Å²) in [5, 5.41) is 7.41. The lowest BCUT2D eigenvalue weighted by Gasteiger charge is -1.88. The molecular formula is C8H12Cl2N4. The van der Waals surface area contributed by atoms with Gasteiger partial charge in [0.05, 0.1) is 0 Å². The fourth-order valence-corrected chi connectivity index (χ4v) is 0.634. The summed E-state index contributed by atoms with van der Waals surface area (Å²) in [6.07, 6.45) is 0.673. The van der Waals surface area contributed by atoms with Gasteiger partial charge in [-0.3, -0.25) is 0 Å². The van der Waals surface area contributed by atoms with Gasteiger partial charge in [-0.15, -0.1) is 35.0 Å². The normalized spacial score (nSPS) is 7.50. The van der Waals surface area contributed by atoms with E-state index in [-0.39, 0.29) is 24.8 Å². The highest BCUT2D eigenvalue weighted by Crippen LogP contribution is 1.94. The Morgan fingerprint density at radius 2 is 1.93 bits per heavy atom.